The Kier molecular flexibility index (Phi) is 4.75. The van der Waals surface area contributed by atoms with Crippen molar-refractivity contribution in [2.75, 3.05) is 0 Å². The molecule has 1 N–H and O–H groups in total. The highest BCUT2D eigenvalue weighted by atomic mass is 35.5. The zero-order valence-corrected chi connectivity index (χ0v) is 13.0. The number of aromatic nitrogens is 2. The van der Waals surface area contributed by atoms with Crippen molar-refractivity contribution in [2.24, 2.45) is 5.10 Å². The van der Waals surface area contributed by atoms with Crippen LogP contribution < -0.4 is 5.43 Å². The van der Waals surface area contributed by atoms with Crippen molar-refractivity contribution in [3.8, 4) is 0 Å². The molecule has 0 saturated carbocycles. The normalized spacial score (nSPS) is 11.5. The van der Waals surface area contributed by atoms with Crippen molar-refractivity contribution in [2.45, 2.75) is 27.3 Å². The zero-order valence-electron chi connectivity index (χ0n) is 12.2. The van der Waals surface area contributed by atoms with Gasteiger partial charge in [-0.2, -0.15) is 10.2 Å². The van der Waals surface area contributed by atoms with E-state index in [1.54, 1.807) is 16.8 Å². The molecule has 1 aromatic heterocycles. The number of carbonyl (C=O) groups excluding carboxylic acids is 1. The molecule has 21 heavy (non-hydrogen) atoms. The number of benzene rings is 1. The van der Waals surface area contributed by atoms with E-state index in [-0.39, 0.29) is 12.5 Å². The SMILES string of the molecule is C/C(=N\NC(=O)Cn1nc(C)cc1C)c1cccc(Cl)c1. The van der Waals surface area contributed by atoms with Gasteiger partial charge in [0.25, 0.3) is 5.91 Å². The largest absolute Gasteiger partial charge is 0.271 e. The Morgan fingerprint density at radius 3 is 2.76 bits per heavy atom. The van der Waals surface area contributed by atoms with Crippen LogP contribution in [0.25, 0.3) is 0 Å². The summed E-state index contributed by atoms with van der Waals surface area (Å²) >= 11 is 5.92. The molecule has 1 aromatic carbocycles. The molecule has 5 nitrogen and oxygen atoms in total. The van der Waals surface area contributed by atoms with E-state index in [9.17, 15) is 4.79 Å². The molecule has 0 radical (unpaired) electrons. The molecular formula is C15H17ClN4O. The van der Waals surface area contributed by atoms with E-state index >= 15 is 0 Å². The van der Waals surface area contributed by atoms with Crippen molar-refractivity contribution < 1.29 is 4.79 Å². The van der Waals surface area contributed by atoms with Crippen LogP contribution in [0.2, 0.25) is 5.02 Å². The maximum atomic E-state index is 11.9. The van der Waals surface area contributed by atoms with Gasteiger partial charge in [0.2, 0.25) is 0 Å². The maximum absolute atomic E-state index is 11.9. The van der Waals surface area contributed by atoms with Gasteiger partial charge in [0.15, 0.2) is 0 Å². The fraction of sp³-hybridized carbons (Fsp3) is 0.267. The molecular weight excluding hydrogens is 288 g/mol. The van der Waals surface area contributed by atoms with Crippen LogP contribution in [0.1, 0.15) is 23.9 Å². The molecule has 1 amide bonds. The summed E-state index contributed by atoms with van der Waals surface area (Å²) in [6.07, 6.45) is 0. The van der Waals surface area contributed by atoms with Crippen molar-refractivity contribution in [1.29, 1.82) is 0 Å². The monoisotopic (exact) mass is 304 g/mol. The minimum atomic E-state index is -0.220. The van der Waals surface area contributed by atoms with Gasteiger partial charge in [-0.05, 0) is 44.5 Å². The van der Waals surface area contributed by atoms with Gasteiger partial charge in [0.1, 0.15) is 6.54 Å². The van der Waals surface area contributed by atoms with E-state index in [2.05, 4.69) is 15.6 Å². The van der Waals surface area contributed by atoms with Crippen LogP contribution in [-0.2, 0) is 11.3 Å². The molecule has 0 unspecified atom stereocenters. The van der Waals surface area contributed by atoms with Crippen LogP contribution in [0.15, 0.2) is 35.4 Å². The first kappa shape index (κ1) is 15.3. The summed E-state index contributed by atoms with van der Waals surface area (Å²) in [5, 5.41) is 8.96. The topological polar surface area (TPSA) is 59.3 Å². The third-order valence-electron chi connectivity index (χ3n) is 2.99. The van der Waals surface area contributed by atoms with Gasteiger partial charge in [-0.15, -0.1) is 0 Å². The molecule has 0 atom stereocenters. The second-order valence-electron chi connectivity index (χ2n) is 4.83. The summed E-state index contributed by atoms with van der Waals surface area (Å²) in [5.41, 5.74) is 5.92. The standard InChI is InChI=1S/C15H17ClN4O/c1-10-7-11(2)20(19-10)9-15(21)18-17-12(3)13-5-4-6-14(16)8-13/h4-8H,9H2,1-3H3,(H,18,21)/b17-12+. The number of rotatable bonds is 4. The Hall–Kier alpha value is -2.14. The molecule has 0 aliphatic rings. The molecule has 110 valence electrons. The summed E-state index contributed by atoms with van der Waals surface area (Å²) < 4.78 is 1.65. The van der Waals surface area contributed by atoms with Crippen LogP contribution in [0.3, 0.4) is 0 Å². The summed E-state index contributed by atoms with van der Waals surface area (Å²) in [4.78, 5) is 11.9. The number of hydrogen-bond donors (Lipinski definition) is 1. The number of nitrogens with zero attached hydrogens (tertiary/aromatic N) is 3. The van der Waals surface area contributed by atoms with Crippen molar-refractivity contribution in [3.05, 3.63) is 52.3 Å². The lowest BCUT2D eigenvalue weighted by atomic mass is 10.1. The van der Waals surface area contributed by atoms with Gasteiger partial charge in [0.05, 0.1) is 11.4 Å². The van der Waals surface area contributed by atoms with Gasteiger partial charge in [-0.3, -0.25) is 9.48 Å². The lowest BCUT2D eigenvalue weighted by Gasteiger charge is -2.05. The number of aryl methyl sites for hydroxylation is 2. The van der Waals surface area contributed by atoms with E-state index in [4.69, 9.17) is 11.6 Å². The summed E-state index contributed by atoms with van der Waals surface area (Å²) in [6, 6.07) is 9.24. The lowest BCUT2D eigenvalue weighted by molar-refractivity contribution is -0.121. The van der Waals surface area contributed by atoms with E-state index in [0.29, 0.717) is 10.7 Å². The van der Waals surface area contributed by atoms with Gasteiger partial charge in [0, 0.05) is 10.7 Å². The number of nitrogens with one attached hydrogen (secondary N) is 1. The van der Waals surface area contributed by atoms with Crippen molar-refractivity contribution >= 4 is 23.2 Å². The predicted octanol–water partition coefficient (Wildman–Crippen LogP) is 2.69. The van der Waals surface area contributed by atoms with E-state index < -0.39 is 0 Å². The second kappa shape index (κ2) is 6.54. The van der Waals surface area contributed by atoms with Gasteiger partial charge in [-0.1, -0.05) is 23.7 Å². The Morgan fingerprint density at radius 1 is 1.38 bits per heavy atom. The number of amides is 1. The van der Waals surface area contributed by atoms with Gasteiger partial charge < -0.3 is 0 Å². The highest BCUT2D eigenvalue weighted by Gasteiger charge is 2.06. The maximum Gasteiger partial charge on any atom is 0.261 e. The number of halogens is 1. The summed E-state index contributed by atoms with van der Waals surface area (Å²) in [6.45, 7) is 5.76. The van der Waals surface area contributed by atoms with Crippen LogP contribution >= 0.6 is 11.6 Å². The van der Waals surface area contributed by atoms with Crippen LogP contribution in [0.4, 0.5) is 0 Å². The molecule has 1 heterocycles. The quantitative estimate of drug-likeness (QED) is 0.697. The molecule has 6 heteroatoms. The van der Waals surface area contributed by atoms with Crippen LogP contribution in [-0.4, -0.2) is 21.4 Å². The molecule has 2 aromatic rings. The summed E-state index contributed by atoms with van der Waals surface area (Å²) in [5.74, 6) is -0.220. The van der Waals surface area contributed by atoms with Crippen LogP contribution in [0.5, 0.6) is 0 Å². The number of hydrogen-bond acceptors (Lipinski definition) is 3. The molecule has 0 aliphatic carbocycles. The fourth-order valence-corrected chi connectivity index (χ4v) is 2.12. The molecule has 0 fully saturated rings. The number of carbonyl (C=O) groups is 1. The first-order chi connectivity index (χ1) is 9.95. The lowest BCUT2D eigenvalue weighted by Crippen LogP contribution is -2.25. The minimum Gasteiger partial charge on any atom is -0.271 e. The number of hydrazone groups is 1. The van der Waals surface area contributed by atoms with E-state index in [0.717, 1.165) is 17.0 Å². The molecule has 0 bridgehead atoms. The highest BCUT2D eigenvalue weighted by molar-refractivity contribution is 6.31. The zero-order chi connectivity index (χ0) is 15.4. The third kappa shape index (κ3) is 4.16. The highest BCUT2D eigenvalue weighted by Crippen LogP contribution is 2.11. The second-order valence-corrected chi connectivity index (χ2v) is 5.26. The molecule has 2 rings (SSSR count). The van der Waals surface area contributed by atoms with Gasteiger partial charge >= 0.3 is 0 Å². The first-order valence-electron chi connectivity index (χ1n) is 6.56. The minimum absolute atomic E-state index is 0.145. The third-order valence-corrected chi connectivity index (χ3v) is 3.22. The molecule has 0 saturated heterocycles. The average Bonchev–Trinajstić information content (AvgIpc) is 2.74. The fourth-order valence-electron chi connectivity index (χ4n) is 1.93. The predicted molar refractivity (Wildman–Crippen MR) is 83.5 cm³/mol. The van der Waals surface area contributed by atoms with Crippen molar-refractivity contribution in [1.82, 2.24) is 15.2 Å². The Morgan fingerprint density at radius 2 is 2.14 bits per heavy atom. The summed E-state index contributed by atoms with van der Waals surface area (Å²) in [7, 11) is 0. The van der Waals surface area contributed by atoms with E-state index in [1.807, 2.05) is 39.0 Å². The smallest absolute Gasteiger partial charge is 0.261 e. The van der Waals surface area contributed by atoms with Crippen molar-refractivity contribution in [3.63, 3.8) is 0 Å². The van der Waals surface area contributed by atoms with Crippen LogP contribution in [0, 0.1) is 13.8 Å². The first-order valence-corrected chi connectivity index (χ1v) is 6.93. The Balaban J connectivity index is 2.00. The Bertz CT molecular complexity index is 691. The molecule has 0 spiro atoms. The van der Waals surface area contributed by atoms with E-state index in [1.165, 1.54) is 0 Å². The Labute approximate surface area is 128 Å². The molecule has 0 aliphatic heterocycles. The van der Waals surface area contributed by atoms with Gasteiger partial charge in [-0.25, -0.2) is 5.43 Å². The average molecular weight is 305 g/mol.